The lowest BCUT2D eigenvalue weighted by atomic mass is 10.3. The van der Waals surface area contributed by atoms with Gasteiger partial charge in [-0.25, -0.2) is 0 Å². The highest BCUT2D eigenvalue weighted by Gasteiger charge is 2.13. The van der Waals surface area contributed by atoms with Crippen LogP contribution in [-0.4, -0.2) is 27.4 Å². The summed E-state index contributed by atoms with van der Waals surface area (Å²) < 4.78 is 15.2. The first-order valence-corrected chi connectivity index (χ1v) is 5.28. The van der Waals surface area contributed by atoms with Crippen molar-refractivity contribution in [3.8, 4) is 23.0 Å². The molecule has 3 rings (SSSR count). The molecule has 0 saturated heterocycles. The van der Waals surface area contributed by atoms with Crippen molar-refractivity contribution in [1.29, 1.82) is 0 Å². The van der Waals surface area contributed by atoms with Gasteiger partial charge in [0, 0.05) is 13.2 Å². The lowest BCUT2D eigenvalue weighted by Gasteiger charge is -1.86. The Morgan fingerprint density at radius 1 is 1.44 bits per heavy atom. The minimum Gasteiger partial charge on any atom is -0.463 e. The van der Waals surface area contributed by atoms with E-state index in [-0.39, 0.29) is 0 Å². The first-order valence-electron chi connectivity index (χ1n) is 5.28. The Bertz CT molecular complexity index is 626. The molecule has 3 aromatic rings. The Morgan fingerprint density at radius 2 is 2.39 bits per heavy atom. The van der Waals surface area contributed by atoms with E-state index in [2.05, 4.69) is 20.3 Å². The van der Waals surface area contributed by atoms with Gasteiger partial charge < -0.3 is 13.7 Å². The maximum absolute atomic E-state index is 5.24. The van der Waals surface area contributed by atoms with Crippen LogP contribution in [0.5, 0.6) is 0 Å². The normalized spacial score (nSPS) is 10.9. The predicted molar refractivity (Wildman–Crippen MR) is 60.3 cm³/mol. The summed E-state index contributed by atoms with van der Waals surface area (Å²) >= 11 is 0. The summed E-state index contributed by atoms with van der Waals surface area (Å²) in [5.41, 5.74) is 1.32. The molecular weight excluding hydrogens is 236 g/mol. The molecule has 0 atom stereocenters. The lowest BCUT2D eigenvalue weighted by Crippen LogP contribution is -1.89. The average Bonchev–Trinajstić information content (AvgIpc) is 3.10. The van der Waals surface area contributed by atoms with Crippen LogP contribution in [0.1, 0.15) is 5.82 Å². The third kappa shape index (κ3) is 1.91. The zero-order valence-corrected chi connectivity index (χ0v) is 9.58. The fourth-order valence-electron chi connectivity index (χ4n) is 1.53. The van der Waals surface area contributed by atoms with Crippen molar-refractivity contribution < 1.29 is 13.7 Å². The Hall–Kier alpha value is -2.41. The van der Waals surface area contributed by atoms with Gasteiger partial charge in [0.15, 0.2) is 11.6 Å². The molecule has 0 spiro atoms. The van der Waals surface area contributed by atoms with Gasteiger partial charge >= 0.3 is 0 Å². The smallest absolute Gasteiger partial charge is 0.276 e. The van der Waals surface area contributed by atoms with Crippen molar-refractivity contribution in [2.75, 3.05) is 7.11 Å². The van der Waals surface area contributed by atoms with Gasteiger partial charge in [-0.1, -0.05) is 5.16 Å². The number of H-pyrrole nitrogens is 1. The molecule has 0 aliphatic carbocycles. The maximum atomic E-state index is 5.24. The van der Waals surface area contributed by atoms with Crippen LogP contribution in [0.15, 0.2) is 33.4 Å². The molecule has 92 valence electrons. The van der Waals surface area contributed by atoms with E-state index in [9.17, 15) is 0 Å². The van der Waals surface area contributed by atoms with Crippen molar-refractivity contribution in [2.45, 2.75) is 6.61 Å². The Morgan fingerprint density at radius 3 is 3.17 bits per heavy atom. The number of hydrogen-bond acceptors (Lipinski definition) is 6. The fourth-order valence-corrected chi connectivity index (χ4v) is 1.53. The zero-order valence-electron chi connectivity index (χ0n) is 9.58. The van der Waals surface area contributed by atoms with Crippen molar-refractivity contribution in [3.63, 3.8) is 0 Å². The number of aromatic amines is 1. The lowest BCUT2D eigenvalue weighted by molar-refractivity contribution is 0.174. The second kappa shape index (κ2) is 4.46. The van der Waals surface area contributed by atoms with E-state index >= 15 is 0 Å². The molecule has 0 fully saturated rings. The highest BCUT2D eigenvalue weighted by molar-refractivity contribution is 5.59. The third-order valence-corrected chi connectivity index (χ3v) is 2.32. The zero-order chi connectivity index (χ0) is 12.4. The second-order valence-corrected chi connectivity index (χ2v) is 3.59. The molecule has 0 aromatic carbocycles. The molecule has 0 aliphatic rings. The summed E-state index contributed by atoms with van der Waals surface area (Å²) in [6.07, 6.45) is 1.59. The number of furan rings is 1. The molecule has 7 nitrogen and oxygen atoms in total. The summed E-state index contributed by atoms with van der Waals surface area (Å²) in [4.78, 5) is 4.16. The van der Waals surface area contributed by atoms with Crippen LogP contribution in [0.2, 0.25) is 0 Å². The van der Waals surface area contributed by atoms with Gasteiger partial charge in [-0.05, 0) is 12.1 Å². The van der Waals surface area contributed by atoms with Gasteiger partial charge in [-0.2, -0.15) is 10.1 Å². The van der Waals surface area contributed by atoms with Gasteiger partial charge in [-0.15, -0.1) is 0 Å². The molecule has 0 amide bonds. The van der Waals surface area contributed by atoms with E-state index in [1.54, 1.807) is 25.5 Å². The van der Waals surface area contributed by atoms with Crippen LogP contribution in [-0.2, 0) is 11.3 Å². The van der Waals surface area contributed by atoms with Crippen molar-refractivity contribution in [3.05, 3.63) is 30.3 Å². The van der Waals surface area contributed by atoms with Gasteiger partial charge in [-0.3, -0.25) is 5.10 Å². The van der Waals surface area contributed by atoms with E-state index in [4.69, 9.17) is 13.7 Å². The summed E-state index contributed by atoms with van der Waals surface area (Å²) in [7, 11) is 1.57. The number of ether oxygens (including phenoxy) is 1. The topological polar surface area (TPSA) is 90.0 Å². The average molecular weight is 246 g/mol. The van der Waals surface area contributed by atoms with Crippen molar-refractivity contribution in [1.82, 2.24) is 20.3 Å². The van der Waals surface area contributed by atoms with E-state index in [1.165, 1.54) is 0 Å². The Balaban J connectivity index is 1.88. The maximum Gasteiger partial charge on any atom is 0.276 e. The summed E-state index contributed by atoms with van der Waals surface area (Å²) in [6, 6.07) is 5.40. The number of methoxy groups -OCH3 is 1. The molecule has 3 heterocycles. The van der Waals surface area contributed by atoms with E-state index in [0.29, 0.717) is 35.5 Å². The minimum atomic E-state index is 0.308. The third-order valence-electron chi connectivity index (χ3n) is 2.32. The van der Waals surface area contributed by atoms with Gasteiger partial charge in [0.1, 0.15) is 18.0 Å². The number of aromatic nitrogens is 4. The summed E-state index contributed by atoms with van der Waals surface area (Å²) in [5, 5.41) is 10.7. The van der Waals surface area contributed by atoms with E-state index in [0.717, 1.165) is 0 Å². The molecule has 3 aromatic heterocycles. The van der Waals surface area contributed by atoms with Crippen LogP contribution in [0.3, 0.4) is 0 Å². The molecule has 1 N–H and O–H groups in total. The molecule has 18 heavy (non-hydrogen) atoms. The Labute approximate surface area is 102 Å². The molecule has 0 bridgehead atoms. The quantitative estimate of drug-likeness (QED) is 0.755. The van der Waals surface area contributed by atoms with Crippen LogP contribution >= 0.6 is 0 Å². The van der Waals surface area contributed by atoms with Crippen molar-refractivity contribution >= 4 is 0 Å². The molecule has 7 heteroatoms. The molecule has 0 radical (unpaired) electrons. The SMILES string of the molecule is COCc1noc(-c2cc(-c3ccco3)n[nH]2)n1. The van der Waals surface area contributed by atoms with Crippen LogP contribution in [0.25, 0.3) is 23.0 Å². The predicted octanol–water partition coefficient (Wildman–Crippen LogP) is 1.87. The van der Waals surface area contributed by atoms with Crippen LogP contribution in [0, 0.1) is 0 Å². The van der Waals surface area contributed by atoms with Gasteiger partial charge in [0.2, 0.25) is 0 Å². The number of nitrogens with zero attached hydrogens (tertiary/aromatic N) is 3. The Kier molecular flexibility index (Phi) is 2.66. The first kappa shape index (κ1) is 10.7. The van der Waals surface area contributed by atoms with Crippen LogP contribution < -0.4 is 0 Å². The largest absolute Gasteiger partial charge is 0.463 e. The standard InChI is InChI=1S/C11H10N4O3/c1-16-6-10-12-11(18-15-10)8-5-7(13-14-8)9-3-2-4-17-9/h2-5H,6H2,1H3,(H,13,14). The van der Waals surface area contributed by atoms with E-state index < -0.39 is 0 Å². The monoisotopic (exact) mass is 246 g/mol. The summed E-state index contributed by atoms with van der Waals surface area (Å²) in [5.74, 6) is 1.53. The molecule has 0 aliphatic heterocycles. The second-order valence-electron chi connectivity index (χ2n) is 3.59. The molecule has 0 unspecified atom stereocenters. The first-order chi connectivity index (χ1) is 8.86. The highest BCUT2D eigenvalue weighted by atomic mass is 16.5. The van der Waals surface area contributed by atoms with Gasteiger partial charge in [0.05, 0.1) is 6.26 Å². The minimum absolute atomic E-state index is 0.308. The fraction of sp³-hybridized carbons (Fsp3) is 0.182. The molecule has 0 saturated carbocycles. The number of rotatable bonds is 4. The van der Waals surface area contributed by atoms with Crippen molar-refractivity contribution in [2.24, 2.45) is 0 Å². The highest BCUT2D eigenvalue weighted by Crippen LogP contribution is 2.22. The van der Waals surface area contributed by atoms with E-state index in [1.807, 2.05) is 6.07 Å². The number of nitrogens with one attached hydrogen (secondary N) is 1. The van der Waals surface area contributed by atoms with Gasteiger partial charge in [0.25, 0.3) is 5.89 Å². The molecular formula is C11H10N4O3. The number of hydrogen-bond donors (Lipinski definition) is 1. The summed E-state index contributed by atoms with van der Waals surface area (Å²) in [6.45, 7) is 0.308. The van der Waals surface area contributed by atoms with Crippen LogP contribution in [0.4, 0.5) is 0 Å².